The van der Waals surface area contributed by atoms with Crippen LogP contribution in [0.3, 0.4) is 0 Å². The molecule has 0 saturated heterocycles. The molecule has 1 atom stereocenters. The lowest BCUT2D eigenvalue weighted by Gasteiger charge is -2.19. The lowest BCUT2D eigenvalue weighted by molar-refractivity contribution is 0.0933. The van der Waals surface area contributed by atoms with Crippen molar-refractivity contribution in [2.75, 3.05) is 6.61 Å². The summed E-state index contributed by atoms with van der Waals surface area (Å²) in [6.07, 6.45) is 3.46. The Balaban J connectivity index is 1.52. The highest BCUT2D eigenvalue weighted by molar-refractivity contribution is 6.30. The van der Waals surface area contributed by atoms with Gasteiger partial charge in [-0.3, -0.25) is 9.59 Å². The van der Waals surface area contributed by atoms with E-state index < -0.39 is 11.9 Å². The molecule has 2 heterocycles. The Bertz CT molecular complexity index is 1290. The van der Waals surface area contributed by atoms with Gasteiger partial charge in [0.25, 0.3) is 11.5 Å². The molecular weight excluding hydrogens is 442 g/mol. The molecule has 1 N–H and O–H groups in total. The Morgan fingerprint density at radius 3 is 2.55 bits per heavy atom. The van der Waals surface area contributed by atoms with E-state index in [1.165, 1.54) is 16.8 Å². The topological polar surface area (TPSA) is 91.0 Å². The van der Waals surface area contributed by atoms with Gasteiger partial charge in [-0.2, -0.15) is 5.10 Å². The van der Waals surface area contributed by atoms with Crippen LogP contribution < -0.4 is 15.6 Å². The number of benzene rings is 2. The van der Waals surface area contributed by atoms with Crippen LogP contribution in [0, 0.1) is 0 Å². The van der Waals surface area contributed by atoms with Gasteiger partial charge in [-0.15, -0.1) is 0 Å². The first kappa shape index (κ1) is 22.3. The predicted molar refractivity (Wildman–Crippen MR) is 124 cm³/mol. The fraction of sp³-hybridized carbons (Fsp3) is 0.167. The van der Waals surface area contributed by atoms with Gasteiger partial charge in [0, 0.05) is 30.5 Å². The number of hydrogen-bond acceptors (Lipinski definition) is 5. The number of carbonyl (C=O) groups is 1. The van der Waals surface area contributed by atoms with Gasteiger partial charge in [0.1, 0.15) is 29.9 Å². The second kappa shape index (κ2) is 10.1. The zero-order valence-corrected chi connectivity index (χ0v) is 18.6. The second-order valence-electron chi connectivity index (χ2n) is 7.30. The number of halogens is 1. The van der Waals surface area contributed by atoms with Crippen LogP contribution in [-0.4, -0.2) is 31.8 Å². The zero-order valence-electron chi connectivity index (χ0n) is 17.9. The summed E-state index contributed by atoms with van der Waals surface area (Å²) < 4.78 is 8.68. The first-order chi connectivity index (χ1) is 16.0. The molecule has 0 spiro atoms. The second-order valence-corrected chi connectivity index (χ2v) is 7.73. The molecular formula is C24H22ClN5O3. The number of para-hydroxylation sites is 1. The van der Waals surface area contributed by atoms with Gasteiger partial charge < -0.3 is 14.6 Å². The van der Waals surface area contributed by atoms with Gasteiger partial charge in [-0.25, -0.2) is 9.67 Å². The van der Waals surface area contributed by atoms with E-state index in [-0.39, 0.29) is 24.4 Å². The van der Waals surface area contributed by atoms with Gasteiger partial charge in [0.15, 0.2) is 0 Å². The van der Waals surface area contributed by atoms with Crippen LogP contribution in [0.2, 0.25) is 5.02 Å². The van der Waals surface area contributed by atoms with Crippen LogP contribution in [0.4, 0.5) is 0 Å². The third kappa shape index (κ3) is 5.48. The highest BCUT2D eigenvalue weighted by atomic mass is 35.5. The number of nitrogens with one attached hydrogen (secondary N) is 1. The van der Waals surface area contributed by atoms with Crippen molar-refractivity contribution in [3.8, 4) is 5.75 Å². The smallest absolute Gasteiger partial charge is 0.272 e. The molecule has 0 saturated carbocycles. The molecule has 9 heteroatoms. The van der Waals surface area contributed by atoms with Crippen LogP contribution in [0.15, 0.2) is 83.9 Å². The van der Waals surface area contributed by atoms with E-state index in [1.54, 1.807) is 24.5 Å². The first-order valence-corrected chi connectivity index (χ1v) is 10.7. The molecule has 2 aromatic heterocycles. The number of imidazole rings is 1. The van der Waals surface area contributed by atoms with E-state index in [2.05, 4.69) is 15.4 Å². The Kier molecular flexibility index (Phi) is 6.85. The number of nitrogens with zero attached hydrogens (tertiary/aromatic N) is 4. The molecule has 0 aliphatic heterocycles. The van der Waals surface area contributed by atoms with Crippen LogP contribution in [0.5, 0.6) is 5.75 Å². The number of carbonyl (C=O) groups excluding carboxylic acids is 1. The summed E-state index contributed by atoms with van der Waals surface area (Å²) in [5.74, 6) is 0.909. The van der Waals surface area contributed by atoms with Crippen molar-refractivity contribution in [3.63, 3.8) is 0 Å². The standard InChI is InChI=1S/C24H22ClN5O3/c1-29-14-13-26-23(29)22(17-7-9-18(25)10-8-17)27-24(32)20-11-12-21(31)30(28-20)15-16-33-19-5-3-2-4-6-19/h2-14,22H,15-16H2,1H3,(H,27,32)/t22-/m0/s1. The van der Waals surface area contributed by atoms with E-state index in [9.17, 15) is 9.59 Å². The van der Waals surface area contributed by atoms with Crippen molar-refractivity contribution in [1.82, 2.24) is 24.6 Å². The zero-order chi connectivity index (χ0) is 23.2. The van der Waals surface area contributed by atoms with Gasteiger partial charge >= 0.3 is 0 Å². The maximum Gasteiger partial charge on any atom is 0.272 e. The molecule has 0 unspecified atom stereocenters. The van der Waals surface area contributed by atoms with Crippen molar-refractivity contribution < 1.29 is 9.53 Å². The van der Waals surface area contributed by atoms with Crippen molar-refractivity contribution in [1.29, 1.82) is 0 Å². The van der Waals surface area contributed by atoms with Crippen molar-refractivity contribution >= 4 is 17.5 Å². The Morgan fingerprint density at radius 1 is 1.09 bits per heavy atom. The average molecular weight is 464 g/mol. The molecule has 0 aliphatic carbocycles. The van der Waals surface area contributed by atoms with Crippen LogP contribution in [0.1, 0.15) is 27.9 Å². The van der Waals surface area contributed by atoms with E-state index in [1.807, 2.05) is 54.1 Å². The Labute approximate surface area is 195 Å². The fourth-order valence-electron chi connectivity index (χ4n) is 3.31. The number of rotatable bonds is 8. The normalized spacial score (nSPS) is 11.7. The van der Waals surface area contributed by atoms with Gasteiger partial charge in [-0.1, -0.05) is 41.9 Å². The van der Waals surface area contributed by atoms with Gasteiger partial charge in [0.05, 0.1) is 6.54 Å². The number of aromatic nitrogens is 4. The number of hydrogen-bond donors (Lipinski definition) is 1. The average Bonchev–Trinajstić information content (AvgIpc) is 3.25. The summed E-state index contributed by atoms with van der Waals surface area (Å²) in [4.78, 5) is 29.7. The third-order valence-electron chi connectivity index (χ3n) is 5.01. The van der Waals surface area contributed by atoms with Crippen molar-refractivity contribution in [2.24, 2.45) is 7.05 Å². The molecule has 0 aliphatic rings. The van der Waals surface area contributed by atoms with Crippen molar-refractivity contribution in [3.05, 3.63) is 112 Å². The molecule has 33 heavy (non-hydrogen) atoms. The molecule has 4 rings (SSSR count). The quantitative estimate of drug-likeness (QED) is 0.433. The van der Waals surface area contributed by atoms with E-state index >= 15 is 0 Å². The Morgan fingerprint density at radius 2 is 1.85 bits per heavy atom. The number of ether oxygens (including phenoxy) is 1. The first-order valence-electron chi connectivity index (χ1n) is 10.3. The largest absolute Gasteiger partial charge is 0.492 e. The monoisotopic (exact) mass is 463 g/mol. The number of aryl methyl sites for hydroxylation is 1. The summed E-state index contributed by atoms with van der Waals surface area (Å²) in [6, 6.07) is 18.6. The lowest BCUT2D eigenvalue weighted by atomic mass is 10.1. The summed E-state index contributed by atoms with van der Waals surface area (Å²) in [5, 5.41) is 7.79. The molecule has 0 radical (unpaired) electrons. The highest BCUT2D eigenvalue weighted by Crippen LogP contribution is 2.22. The van der Waals surface area contributed by atoms with Gasteiger partial charge in [0.2, 0.25) is 0 Å². The minimum atomic E-state index is -0.529. The highest BCUT2D eigenvalue weighted by Gasteiger charge is 2.22. The maximum atomic E-state index is 13.1. The summed E-state index contributed by atoms with van der Waals surface area (Å²) in [5.41, 5.74) is 0.607. The summed E-state index contributed by atoms with van der Waals surface area (Å²) in [7, 11) is 1.85. The lowest BCUT2D eigenvalue weighted by Crippen LogP contribution is -2.34. The van der Waals surface area contributed by atoms with Gasteiger partial charge in [-0.05, 0) is 35.9 Å². The maximum absolute atomic E-state index is 13.1. The predicted octanol–water partition coefficient (Wildman–Crippen LogP) is 3.23. The van der Waals surface area contributed by atoms with Crippen molar-refractivity contribution in [2.45, 2.75) is 12.6 Å². The van der Waals surface area contributed by atoms with E-state index in [0.717, 1.165) is 5.56 Å². The molecule has 1 amide bonds. The SMILES string of the molecule is Cn1ccnc1[C@@H](NC(=O)c1ccc(=O)n(CCOc2ccccc2)n1)c1ccc(Cl)cc1. The molecule has 0 bridgehead atoms. The molecule has 4 aromatic rings. The fourth-order valence-corrected chi connectivity index (χ4v) is 3.44. The van der Waals surface area contributed by atoms with E-state index in [4.69, 9.17) is 16.3 Å². The molecule has 2 aromatic carbocycles. The summed E-state index contributed by atoms with van der Waals surface area (Å²) >= 11 is 6.03. The van der Waals surface area contributed by atoms with Crippen LogP contribution >= 0.6 is 11.6 Å². The minimum Gasteiger partial charge on any atom is -0.492 e. The Hall–Kier alpha value is -3.91. The molecule has 0 fully saturated rings. The van der Waals surface area contributed by atoms with Crippen LogP contribution in [-0.2, 0) is 13.6 Å². The van der Waals surface area contributed by atoms with Crippen LogP contribution in [0.25, 0.3) is 0 Å². The van der Waals surface area contributed by atoms with E-state index in [0.29, 0.717) is 16.6 Å². The minimum absolute atomic E-state index is 0.113. The molecule has 8 nitrogen and oxygen atoms in total. The third-order valence-corrected chi connectivity index (χ3v) is 5.26. The molecule has 168 valence electrons. The summed E-state index contributed by atoms with van der Waals surface area (Å²) in [6.45, 7) is 0.442. The number of amides is 1.